The summed E-state index contributed by atoms with van der Waals surface area (Å²) in [4.78, 5) is 0. The summed E-state index contributed by atoms with van der Waals surface area (Å²) in [6, 6.07) is 12.3. The third kappa shape index (κ3) is 3.52. The average molecular weight is 459 g/mol. The minimum atomic E-state index is -4.54. The molecule has 0 aliphatic carbocycles. The summed E-state index contributed by atoms with van der Waals surface area (Å²) in [7, 11) is 0. The van der Waals surface area contributed by atoms with Crippen LogP contribution in [0.4, 0.5) is 22.0 Å². The zero-order valence-electron chi connectivity index (χ0n) is 15.1. The number of halogens is 7. The van der Waals surface area contributed by atoms with E-state index in [0.29, 0.717) is 16.5 Å². The summed E-state index contributed by atoms with van der Waals surface area (Å²) in [6.07, 6.45) is -6.54. The number of alkyl halides is 5. The molecule has 0 bridgehead atoms. The topological polar surface area (TPSA) is 9.23 Å². The highest BCUT2D eigenvalue weighted by Crippen LogP contribution is 2.49. The third-order valence-electron chi connectivity index (χ3n) is 5.14. The van der Waals surface area contributed by atoms with Gasteiger partial charge in [-0.05, 0) is 46.2 Å². The van der Waals surface area contributed by atoms with Gasteiger partial charge in [0, 0.05) is 22.0 Å². The highest BCUT2D eigenvalue weighted by molar-refractivity contribution is 6.34. The lowest BCUT2D eigenvalue weighted by molar-refractivity contribution is -0.136. The first-order chi connectivity index (χ1) is 14.1. The number of hydrogen-bond donors (Lipinski definition) is 0. The van der Waals surface area contributed by atoms with Crippen LogP contribution >= 0.6 is 23.2 Å². The monoisotopic (exact) mass is 458 g/mol. The van der Waals surface area contributed by atoms with Gasteiger partial charge in [-0.25, -0.2) is 8.78 Å². The van der Waals surface area contributed by atoms with Crippen molar-refractivity contribution in [3.63, 3.8) is 0 Å². The fourth-order valence-electron chi connectivity index (χ4n) is 3.75. The predicted molar refractivity (Wildman–Crippen MR) is 107 cm³/mol. The molecule has 0 amide bonds. The Balaban J connectivity index is 1.81. The molecule has 0 saturated heterocycles. The molecule has 0 aromatic heterocycles. The lowest BCUT2D eigenvalue weighted by Gasteiger charge is -2.29. The number of benzene rings is 3. The van der Waals surface area contributed by atoms with Crippen molar-refractivity contribution in [1.29, 1.82) is 0 Å². The van der Waals surface area contributed by atoms with Crippen molar-refractivity contribution in [2.24, 2.45) is 0 Å². The molecule has 0 spiro atoms. The van der Waals surface area contributed by atoms with E-state index in [9.17, 15) is 22.0 Å². The van der Waals surface area contributed by atoms with Crippen LogP contribution in [-0.4, -0.2) is 6.43 Å². The molecule has 156 valence electrons. The van der Waals surface area contributed by atoms with Gasteiger partial charge in [0.05, 0.1) is 11.8 Å². The van der Waals surface area contributed by atoms with Gasteiger partial charge >= 0.3 is 6.18 Å². The molecule has 3 aromatic rings. The van der Waals surface area contributed by atoms with E-state index in [-0.39, 0.29) is 27.4 Å². The van der Waals surface area contributed by atoms with Crippen molar-refractivity contribution in [1.82, 2.24) is 0 Å². The Morgan fingerprint density at radius 1 is 0.900 bits per heavy atom. The van der Waals surface area contributed by atoms with E-state index in [4.69, 9.17) is 27.9 Å². The first-order valence-electron chi connectivity index (χ1n) is 8.83. The first kappa shape index (κ1) is 20.9. The molecule has 1 unspecified atom stereocenters. The Hall–Kier alpha value is -2.31. The molecule has 1 nitrogen and oxygen atoms in total. The number of fused-ring (bicyclic) bond motifs is 1. The van der Waals surface area contributed by atoms with Crippen molar-refractivity contribution in [2.45, 2.75) is 24.6 Å². The van der Waals surface area contributed by atoms with Crippen LogP contribution in [0.2, 0.25) is 10.0 Å². The van der Waals surface area contributed by atoms with E-state index in [2.05, 4.69) is 0 Å². The van der Waals surface area contributed by atoms with Gasteiger partial charge in [0.2, 0.25) is 0 Å². The van der Waals surface area contributed by atoms with Gasteiger partial charge in [-0.1, -0.05) is 53.5 Å². The maximum Gasteiger partial charge on any atom is 0.417 e. The van der Waals surface area contributed by atoms with Crippen LogP contribution in [0.15, 0.2) is 60.9 Å². The zero-order chi connectivity index (χ0) is 21.7. The summed E-state index contributed by atoms with van der Waals surface area (Å²) in [5.41, 5.74) is -1.97. The van der Waals surface area contributed by atoms with Crippen molar-refractivity contribution in [2.75, 3.05) is 0 Å². The molecule has 1 atom stereocenters. The van der Waals surface area contributed by atoms with Crippen molar-refractivity contribution >= 4 is 39.5 Å². The number of hydrogen-bond acceptors (Lipinski definition) is 1. The van der Waals surface area contributed by atoms with Crippen LogP contribution in [0.25, 0.3) is 16.3 Å². The van der Waals surface area contributed by atoms with E-state index in [0.717, 1.165) is 6.07 Å². The van der Waals surface area contributed by atoms with Gasteiger partial charge in [0.1, 0.15) is 0 Å². The molecule has 8 heteroatoms. The van der Waals surface area contributed by atoms with E-state index >= 15 is 0 Å². The van der Waals surface area contributed by atoms with Crippen LogP contribution in [0.5, 0.6) is 0 Å². The van der Waals surface area contributed by atoms with E-state index in [1.165, 1.54) is 48.7 Å². The molecule has 0 N–H and O–H groups in total. The van der Waals surface area contributed by atoms with Crippen LogP contribution in [0.3, 0.4) is 0 Å². The molecule has 0 saturated carbocycles. The van der Waals surface area contributed by atoms with Crippen LogP contribution in [-0.2, 0) is 16.5 Å². The third-order valence-corrected chi connectivity index (χ3v) is 5.58. The van der Waals surface area contributed by atoms with Crippen molar-refractivity contribution < 1.29 is 26.7 Å². The second-order valence-electron chi connectivity index (χ2n) is 6.99. The van der Waals surface area contributed by atoms with Gasteiger partial charge in [-0.3, -0.25) is 0 Å². The lowest BCUT2D eigenvalue weighted by atomic mass is 9.85. The molecule has 1 aliphatic rings. The summed E-state index contributed by atoms with van der Waals surface area (Å²) >= 11 is 12.0. The Morgan fingerprint density at radius 3 is 2.13 bits per heavy atom. The minimum Gasteiger partial charge on any atom is -0.483 e. The fourth-order valence-corrected chi connectivity index (χ4v) is 4.28. The van der Waals surface area contributed by atoms with Gasteiger partial charge in [0.15, 0.2) is 5.60 Å². The Labute approximate surface area is 178 Å². The van der Waals surface area contributed by atoms with E-state index in [1.807, 2.05) is 0 Å². The molecular weight excluding hydrogens is 446 g/mol. The smallest absolute Gasteiger partial charge is 0.417 e. The summed E-state index contributed by atoms with van der Waals surface area (Å²) in [6.45, 7) is 0. The Morgan fingerprint density at radius 2 is 1.53 bits per heavy atom. The van der Waals surface area contributed by atoms with Crippen molar-refractivity contribution in [3.05, 3.63) is 87.6 Å². The van der Waals surface area contributed by atoms with E-state index < -0.39 is 23.8 Å². The maximum absolute atomic E-state index is 14.2. The Kier molecular flexibility index (Phi) is 5.19. The quantitative estimate of drug-likeness (QED) is 0.360. The van der Waals surface area contributed by atoms with Crippen LogP contribution in [0.1, 0.15) is 23.1 Å². The average Bonchev–Trinajstić information content (AvgIpc) is 3.12. The van der Waals surface area contributed by atoms with Crippen molar-refractivity contribution in [3.8, 4) is 0 Å². The standard InChI is InChI=1S/C22H13Cl2F5O/c23-14-7-13(8-15(24)9-14)21(20(25)26)10-12(11-30-21)16-5-6-19(22(27,28)29)18-4-2-1-3-17(16)18/h1-9,11,20H,10H2. The Bertz CT molecular complexity index is 1140. The molecule has 0 fully saturated rings. The SMILES string of the molecule is FC(F)C1(c2cc(Cl)cc(Cl)c2)CC(c2ccc(C(F)(F)F)c3ccccc23)=CO1. The highest BCUT2D eigenvalue weighted by Gasteiger charge is 2.48. The number of rotatable bonds is 3. The lowest BCUT2D eigenvalue weighted by Crippen LogP contribution is -2.33. The van der Waals surface area contributed by atoms with Crippen LogP contribution < -0.4 is 0 Å². The summed E-state index contributed by atoms with van der Waals surface area (Å²) in [5, 5.41) is 0.643. The van der Waals surface area contributed by atoms with E-state index in [1.54, 1.807) is 6.07 Å². The maximum atomic E-state index is 14.2. The fraction of sp³-hybridized carbons (Fsp3) is 0.182. The largest absolute Gasteiger partial charge is 0.483 e. The molecular formula is C22H13Cl2F5O. The zero-order valence-corrected chi connectivity index (χ0v) is 16.6. The summed E-state index contributed by atoms with van der Waals surface area (Å²) < 4.78 is 74.0. The normalized spacial score (nSPS) is 19.3. The molecule has 0 radical (unpaired) electrons. The molecule has 30 heavy (non-hydrogen) atoms. The van der Waals surface area contributed by atoms with Gasteiger partial charge in [-0.15, -0.1) is 0 Å². The molecule has 1 aliphatic heterocycles. The van der Waals surface area contributed by atoms with Gasteiger partial charge < -0.3 is 4.74 Å². The van der Waals surface area contributed by atoms with Gasteiger partial charge in [-0.2, -0.15) is 13.2 Å². The molecule has 1 heterocycles. The number of ether oxygens (including phenoxy) is 1. The highest BCUT2D eigenvalue weighted by atomic mass is 35.5. The molecule has 3 aromatic carbocycles. The first-order valence-corrected chi connectivity index (χ1v) is 9.58. The summed E-state index contributed by atoms with van der Waals surface area (Å²) in [5.74, 6) is 0. The minimum absolute atomic E-state index is 0.0104. The second-order valence-corrected chi connectivity index (χ2v) is 7.86. The second kappa shape index (κ2) is 7.43. The predicted octanol–water partition coefficient (Wildman–Crippen LogP) is 8.09. The van der Waals surface area contributed by atoms with Crippen LogP contribution in [0, 0.1) is 0 Å². The molecule has 4 rings (SSSR count). The van der Waals surface area contributed by atoms with Gasteiger partial charge in [0.25, 0.3) is 6.43 Å².